The Morgan fingerprint density at radius 1 is 0.472 bits per heavy atom. The van der Waals surface area contributed by atoms with Gasteiger partial charge in [0.1, 0.15) is 11.5 Å². The SMILES string of the molecule is CCCCCC[C@H]1CC[C@H](CCc2ccc(OC(F)(F)C(F)F)cc2)CC1.CCCCC[C@H]1CC[C@H](CCc2ccc(OC(F)(F)C(F)F)cc2)CC1. The van der Waals surface area contributed by atoms with Crippen molar-refractivity contribution in [3.05, 3.63) is 59.7 Å². The van der Waals surface area contributed by atoms with E-state index in [-0.39, 0.29) is 11.5 Å². The molecule has 10 heteroatoms. The molecule has 2 aliphatic rings. The lowest BCUT2D eigenvalue weighted by atomic mass is 9.78. The van der Waals surface area contributed by atoms with Crippen LogP contribution in [-0.2, 0) is 12.8 Å². The minimum Gasteiger partial charge on any atom is -0.428 e. The molecule has 2 nitrogen and oxygen atoms in total. The van der Waals surface area contributed by atoms with E-state index in [2.05, 4.69) is 23.3 Å². The Hall–Kier alpha value is -2.52. The van der Waals surface area contributed by atoms with Gasteiger partial charge in [0.05, 0.1) is 0 Å². The third-order valence-corrected chi connectivity index (χ3v) is 11.2. The Bertz CT molecular complexity index is 1220. The number of hydrogen-bond donors (Lipinski definition) is 0. The largest absolute Gasteiger partial charge is 0.461 e. The van der Waals surface area contributed by atoms with Gasteiger partial charge in [0.25, 0.3) is 0 Å². The summed E-state index contributed by atoms with van der Waals surface area (Å²) in [5.41, 5.74) is 2.06. The zero-order chi connectivity index (χ0) is 38.7. The van der Waals surface area contributed by atoms with Crippen molar-refractivity contribution in [2.24, 2.45) is 23.7 Å². The Balaban J connectivity index is 0.000000286. The average molecular weight is 763 g/mol. The van der Waals surface area contributed by atoms with Crippen LogP contribution in [0.15, 0.2) is 48.5 Å². The van der Waals surface area contributed by atoms with Gasteiger partial charge in [0.15, 0.2) is 0 Å². The molecule has 2 aromatic carbocycles. The molecule has 0 amide bonds. The van der Waals surface area contributed by atoms with Crippen LogP contribution in [-0.4, -0.2) is 25.1 Å². The van der Waals surface area contributed by atoms with Gasteiger partial charge in [-0.05, 0) is 84.7 Å². The lowest BCUT2D eigenvalue weighted by molar-refractivity contribution is -0.253. The topological polar surface area (TPSA) is 18.5 Å². The fourth-order valence-corrected chi connectivity index (χ4v) is 7.75. The molecule has 53 heavy (non-hydrogen) atoms. The Morgan fingerprint density at radius 2 is 0.774 bits per heavy atom. The number of hydrogen-bond acceptors (Lipinski definition) is 2. The molecule has 2 fully saturated rings. The number of aryl methyl sites for hydroxylation is 2. The van der Waals surface area contributed by atoms with Crippen LogP contribution in [0, 0.1) is 23.7 Å². The van der Waals surface area contributed by atoms with Crippen LogP contribution in [0.1, 0.15) is 147 Å². The summed E-state index contributed by atoms with van der Waals surface area (Å²) in [5, 5.41) is 0. The molecule has 0 atom stereocenters. The molecule has 0 aliphatic heterocycles. The molecule has 0 heterocycles. The highest BCUT2D eigenvalue weighted by Gasteiger charge is 2.44. The van der Waals surface area contributed by atoms with Crippen molar-refractivity contribution in [1.29, 1.82) is 0 Å². The van der Waals surface area contributed by atoms with Gasteiger partial charge in [-0.25, -0.2) is 0 Å². The number of rotatable bonds is 21. The van der Waals surface area contributed by atoms with Crippen LogP contribution in [0.4, 0.5) is 35.1 Å². The third kappa shape index (κ3) is 17.2. The molecule has 0 saturated heterocycles. The fourth-order valence-electron chi connectivity index (χ4n) is 7.75. The van der Waals surface area contributed by atoms with Crippen LogP contribution in [0.5, 0.6) is 11.5 Å². The zero-order valence-corrected chi connectivity index (χ0v) is 31.8. The van der Waals surface area contributed by atoms with E-state index in [0.717, 1.165) is 60.5 Å². The maximum atomic E-state index is 12.9. The van der Waals surface area contributed by atoms with Crippen LogP contribution in [0.3, 0.4) is 0 Å². The van der Waals surface area contributed by atoms with Crippen LogP contribution in [0.2, 0.25) is 0 Å². The van der Waals surface area contributed by atoms with E-state index in [0.29, 0.717) is 0 Å². The van der Waals surface area contributed by atoms with Crippen molar-refractivity contribution in [3.8, 4) is 11.5 Å². The van der Waals surface area contributed by atoms with E-state index >= 15 is 0 Å². The van der Waals surface area contributed by atoms with Crippen molar-refractivity contribution >= 4 is 0 Å². The summed E-state index contributed by atoms with van der Waals surface area (Å²) >= 11 is 0. The van der Waals surface area contributed by atoms with E-state index in [1.165, 1.54) is 133 Å². The molecule has 0 bridgehead atoms. The minimum atomic E-state index is -4.45. The summed E-state index contributed by atoms with van der Waals surface area (Å²) in [4.78, 5) is 0. The predicted molar refractivity (Wildman–Crippen MR) is 196 cm³/mol. The molecule has 302 valence electrons. The fraction of sp³-hybridized carbons (Fsp3) is 0.721. The number of benzene rings is 2. The molecule has 0 unspecified atom stereocenters. The molecule has 2 aliphatic carbocycles. The first kappa shape index (κ1) is 44.9. The van der Waals surface area contributed by atoms with E-state index in [1.54, 1.807) is 24.3 Å². The molecule has 0 spiro atoms. The standard InChI is InChI=1S/C22H32F4O.C21H30F4O/c1-2-3-4-5-6-17-7-9-18(10-8-17)11-12-19-13-15-20(16-14-19)27-22(25,26)21(23)24;1-2-3-4-5-16-6-8-17(9-7-16)10-11-18-12-14-19(15-13-18)26-21(24,25)20(22)23/h13-18,21H,2-12H2,1H3;12-17,20H,2-11H2,1H3/t17-,18-;16-,17-. The second kappa shape index (κ2) is 23.4. The van der Waals surface area contributed by atoms with E-state index < -0.39 is 25.1 Å². The van der Waals surface area contributed by atoms with Gasteiger partial charge < -0.3 is 9.47 Å². The smallest absolute Gasteiger partial charge is 0.428 e. The van der Waals surface area contributed by atoms with Crippen molar-refractivity contribution in [2.75, 3.05) is 0 Å². The van der Waals surface area contributed by atoms with Crippen molar-refractivity contribution in [1.82, 2.24) is 0 Å². The average Bonchev–Trinajstić information content (AvgIpc) is 3.14. The van der Waals surface area contributed by atoms with Gasteiger partial charge in [-0.3, -0.25) is 0 Å². The maximum absolute atomic E-state index is 12.9. The van der Waals surface area contributed by atoms with Crippen LogP contribution >= 0.6 is 0 Å². The van der Waals surface area contributed by atoms with Gasteiger partial charge in [-0.2, -0.15) is 35.1 Å². The zero-order valence-electron chi connectivity index (χ0n) is 31.8. The first-order chi connectivity index (χ1) is 25.3. The highest BCUT2D eigenvalue weighted by molar-refractivity contribution is 5.28. The second-order valence-corrected chi connectivity index (χ2v) is 15.4. The van der Waals surface area contributed by atoms with Gasteiger partial charge in [-0.15, -0.1) is 0 Å². The maximum Gasteiger partial charge on any atom is 0.461 e. The van der Waals surface area contributed by atoms with Gasteiger partial charge in [0, 0.05) is 0 Å². The Morgan fingerprint density at radius 3 is 1.09 bits per heavy atom. The van der Waals surface area contributed by atoms with Gasteiger partial charge >= 0.3 is 25.1 Å². The molecule has 0 radical (unpaired) electrons. The van der Waals surface area contributed by atoms with E-state index in [9.17, 15) is 35.1 Å². The molecule has 0 N–H and O–H groups in total. The molecular formula is C43H62F8O2. The van der Waals surface area contributed by atoms with Crippen molar-refractivity contribution in [3.63, 3.8) is 0 Å². The van der Waals surface area contributed by atoms with Gasteiger partial charge in [0.2, 0.25) is 0 Å². The van der Waals surface area contributed by atoms with Crippen molar-refractivity contribution in [2.45, 2.75) is 174 Å². The summed E-state index contributed by atoms with van der Waals surface area (Å²) in [7, 11) is 0. The van der Waals surface area contributed by atoms with Gasteiger partial charge in [-0.1, -0.05) is 147 Å². The normalized spacial score (nSPS) is 21.0. The molecule has 2 aromatic rings. The Labute approximate surface area is 312 Å². The van der Waals surface area contributed by atoms with Crippen LogP contribution < -0.4 is 9.47 Å². The highest BCUT2D eigenvalue weighted by Crippen LogP contribution is 2.36. The monoisotopic (exact) mass is 762 g/mol. The number of unbranched alkanes of at least 4 members (excludes halogenated alkanes) is 5. The first-order valence-corrected chi connectivity index (χ1v) is 20.2. The summed E-state index contributed by atoms with van der Waals surface area (Å²) < 4.78 is 108. The molecule has 0 aromatic heterocycles. The summed E-state index contributed by atoms with van der Waals surface area (Å²) in [5.74, 6) is 2.79. The highest BCUT2D eigenvalue weighted by atomic mass is 19.3. The summed E-state index contributed by atoms with van der Waals surface area (Å²) in [6.07, 6.45) is 9.86. The second-order valence-electron chi connectivity index (χ2n) is 15.4. The van der Waals surface area contributed by atoms with Crippen molar-refractivity contribution < 1.29 is 44.6 Å². The Kier molecular flexibility index (Phi) is 19.8. The third-order valence-electron chi connectivity index (χ3n) is 11.2. The van der Waals surface area contributed by atoms with E-state index in [4.69, 9.17) is 0 Å². The quantitative estimate of drug-likeness (QED) is 0.0931. The lowest BCUT2D eigenvalue weighted by Gasteiger charge is -2.28. The predicted octanol–water partition coefficient (Wildman–Crippen LogP) is 14.9. The summed E-state index contributed by atoms with van der Waals surface area (Å²) in [6, 6.07) is 12.1. The number of halogens is 8. The molecular weight excluding hydrogens is 700 g/mol. The number of alkyl halides is 8. The molecule has 2 saturated carbocycles. The molecule has 4 rings (SSSR count). The lowest BCUT2D eigenvalue weighted by Crippen LogP contribution is -2.33. The first-order valence-electron chi connectivity index (χ1n) is 20.2. The van der Waals surface area contributed by atoms with Crippen LogP contribution in [0.25, 0.3) is 0 Å². The minimum absolute atomic E-state index is 0.229. The summed E-state index contributed by atoms with van der Waals surface area (Å²) in [6.45, 7) is 4.48. The van der Waals surface area contributed by atoms with E-state index in [1.807, 2.05) is 0 Å². The number of ether oxygens (including phenoxy) is 2.